The lowest BCUT2D eigenvalue weighted by Crippen LogP contribution is -2.46. The van der Waals surface area contributed by atoms with Gasteiger partial charge in [-0.2, -0.15) is 0 Å². The molecule has 1 aliphatic heterocycles. The number of aromatic nitrogens is 2. The molecule has 0 radical (unpaired) electrons. The third-order valence-electron chi connectivity index (χ3n) is 4.88. The molecule has 1 aromatic carbocycles. The zero-order valence-electron chi connectivity index (χ0n) is 15.5. The number of amides is 1. The first kappa shape index (κ1) is 18.4. The van der Waals surface area contributed by atoms with E-state index in [1.807, 2.05) is 17.8 Å². The second-order valence-electron chi connectivity index (χ2n) is 6.85. The van der Waals surface area contributed by atoms with E-state index in [9.17, 15) is 13.6 Å². The molecule has 0 aliphatic carbocycles. The molecule has 148 valence electrons. The monoisotopic (exact) mass is 390 g/mol. The molecule has 1 fully saturated rings. The van der Waals surface area contributed by atoms with Crippen molar-refractivity contribution < 1.29 is 22.7 Å². The van der Waals surface area contributed by atoms with Crippen LogP contribution in [0.2, 0.25) is 0 Å². The average molecular weight is 390 g/mol. The van der Waals surface area contributed by atoms with Gasteiger partial charge in [0.25, 0.3) is 11.8 Å². The molecule has 28 heavy (non-hydrogen) atoms. The molecule has 7 nitrogen and oxygen atoms in total. The van der Waals surface area contributed by atoms with Gasteiger partial charge in [0.05, 0.1) is 12.1 Å². The van der Waals surface area contributed by atoms with Crippen LogP contribution in [0.3, 0.4) is 0 Å². The van der Waals surface area contributed by atoms with Gasteiger partial charge >= 0.3 is 0 Å². The number of imidazole rings is 1. The summed E-state index contributed by atoms with van der Waals surface area (Å²) in [7, 11) is 1.87. The molecule has 1 amide bonds. The summed E-state index contributed by atoms with van der Waals surface area (Å²) in [4.78, 5) is 16.9. The summed E-state index contributed by atoms with van der Waals surface area (Å²) in [5, 5.41) is 5.53. The molecule has 0 saturated carbocycles. The molecular weight excluding hydrogens is 370 g/mol. The van der Waals surface area contributed by atoms with E-state index in [1.165, 1.54) is 0 Å². The largest absolute Gasteiger partial charge is 0.486 e. The highest BCUT2D eigenvalue weighted by Crippen LogP contribution is 2.30. The first-order chi connectivity index (χ1) is 13.3. The van der Waals surface area contributed by atoms with Crippen molar-refractivity contribution in [3.05, 3.63) is 47.7 Å². The van der Waals surface area contributed by atoms with E-state index in [0.29, 0.717) is 22.5 Å². The molecule has 1 aliphatic rings. The fraction of sp³-hybridized carbons (Fsp3) is 0.368. The van der Waals surface area contributed by atoms with Gasteiger partial charge in [0.2, 0.25) is 0 Å². The fourth-order valence-electron chi connectivity index (χ4n) is 3.30. The van der Waals surface area contributed by atoms with Gasteiger partial charge in [-0.1, -0.05) is 0 Å². The Hall–Kier alpha value is -2.94. The molecule has 1 atom stereocenters. The van der Waals surface area contributed by atoms with E-state index in [-0.39, 0.29) is 18.7 Å². The van der Waals surface area contributed by atoms with Gasteiger partial charge in [-0.05, 0) is 25.1 Å². The summed E-state index contributed by atoms with van der Waals surface area (Å²) in [5.41, 5.74) is 0.725. The average Bonchev–Trinajstić information content (AvgIpc) is 3.29. The molecule has 0 bridgehead atoms. The molecule has 1 saturated heterocycles. The Balaban J connectivity index is 1.58. The number of furan rings is 1. The summed E-state index contributed by atoms with van der Waals surface area (Å²) >= 11 is 0. The zero-order valence-corrected chi connectivity index (χ0v) is 15.5. The lowest BCUT2D eigenvalue weighted by atomic mass is 10.1. The number of rotatable bonds is 5. The number of alkyl halides is 2. The summed E-state index contributed by atoms with van der Waals surface area (Å²) in [6.07, 6.45) is 3.49. The summed E-state index contributed by atoms with van der Waals surface area (Å²) in [6.45, 7) is 1.46. The number of halogens is 2. The van der Waals surface area contributed by atoms with E-state index >= 15 is 0 Å². The molecule has 2 aromatic heterocycles. The van der Waals surface area contributed by atoms with E-state index in [2.05, 4.69) is 15.6 Å². The maximum atomic E-state index is 13.8. The van der Waals surface area contributed by atoms with Gasteiger partial charge in [0.1, 0.15) is 35.6 Å². The number of aryl methyl sites for hydroxylation is 2. The van der Waals surface area contributed by atoms with Gasteiger partial charge < -0.3 is 24.4 Å². The smallest absolute Gasteiger partial charge is 0.281 e. The van der Waals surface area contributed by atoms with E-state index in [1.54, 1.807) is 31.3 Å². The lowest BCUT2D eigenvalue weighted by Gasteiger charge is -2.19. The van der Waals surface area contributed by atoms with Crippen molar-refractivity contribution in [1.82, 2.24) is 20.2 Å². The molecule has 0 spiro atoms. The number of carbonyl (C=O) groups is 1. The van der Waals surface area contributed by atoms with Crippen molar-refractivity contribution in [2.24, 2.45) is 7.05 Å². The second-order valence-corrected chi connectivity index (χ2v) is 6.85. The number of carbonyl (C=O) groups excluding carboxylic acids is 1. The van der Waals surface area contributed by atoms with Gasteiger partial charge in [0.15, 0.2) is 0 Å². The molecule has 3 heterocycles. The molecule has 3 aromatic rings. The third-order valence-corrected chi connectivity index (χ3v) is 4.88. The summed E-state index contributed by atoms with van der Waals surface area (Å²) in [6, 6.07) is 3.84. The second kappa shape index (κ2) is 6.90. The van der Waals surface area contributed by atoms with Crippen molar-refractivity contribution >= 4 is 16.9 Å². The Bertz CT molecular complexity index is 1030. The van der Waals surface area contributed by atoms with Crippen LogP contribution in [-0.2, 0) is 13.7 Å². The molecular formula is C19H20F2N4O3. The Morgan fingerprint density at radius 1 is 1.50 bits per heavy atom. The Morgan fingerprint density at radius 2 is 2.32 bits per heavy atom. The van der Waals surface area contributed by atoms with Gasteiger partial charge in [-0.25, -0.2) is 13.8 Å². The molecule has 2 N–H and O–H groups in total. The maximum Gasteiger partial charge on any atom is 0.281 e. The highest BCUT2D eigenvalue weighted by Gasteiger charge is 2.45. The Morgan fingerprint density at radius 3 is 3.00 bits per heavy atom. The number of hydrogen-bond donors (Lipinski definition) is 2. The first-order valence-corrected chi connectivity index (χ1v) is 8.87. The molecule has 9 heteroatoms. The van der Waals surface area contributed by atoms with Crippen LogP contribution >= 0.6 is 0 Å². The third kappa shape index (κ3) is 3.33. The Labute approximate surface area is 159 Å². The number of nitrogens with one attached hydrogen (secondary N) is 2. The number of benzene rings is 1. The normalized spacial score (nSPS) is 18.5. The SMILES string of the molecule is Cc1oc2ccc(OCc3nccn3C)cc2c1C(=O)NC1CNCC1(F)F. The van der Waals surface area contributed by atoms with Gasteiger partial charge in [-0.3, -0.25) is 4.79 Å². The van der Waals surface area contributed by atoms with Crippen LogP contribution in [0.4, 0.5) is 8.78 Å². The van der Waals surface area contributed by atoms with E-state index in [4.69, 9.17) is 9.15 Å². The summed E-state index contributed by atoms with van der Waals surface area (Å²) < 4.78 is 40.9. The quantitative estimate of drug-likeness (QED) is 0.699. The number of nitrogens with zero attached hydrogens (tertiary/aromatic N) is 2. The van der Waals surface area contributed by atoms with Gasteiger partial charge in [-0.15, -0.1) is 0 Å². The minimum atomic E-state index is -2.99. The van der Waals surface area contributed by atoms with Crippen LogP contribution in [-0.4, -0.2) is 40.5 Å². The van der Waals surface area contributed by atoms with E-state index < -0.39 is 24.4 Å². The molecule has 4 rings (SSSR count). The minimum absolute atomic E-state index is 0.0194. The van der Waals surface area contributed by atoms with E-state index in [0.717, 1.165) is 5.82 Å². The van der Waals surface area contributed by atoms with Crippen molar-refractivity contribution in [3.8, 4) is 5.75 Å². The standard InChI is InChI=1S/C19H20F2N4O3/c1-11-17(18(26)24-15-8-22-10-19(15,20)21)13-7-12(3-4-14(13)28-11)27-9-16-23-5-6-25(16)2/h3-7,15,22H,8-10H2,1-2H3,(H,24,26). The van der Waals surface area contributed by atoms with Crippen LogP contribution in [0.5, 0.6) is 5.75 Å². The van der Waals surface area contributed by atoms with Crippen LogP contribution in [0, 0.1) is 6.92 Å². The predicted octanol–water partition coefficient (Wildman–Crippen LogP) is 2.39. The van der Waals surface area contributed by atoms with Crippen molar-refractivity contribution in [1.29, 1.82) is 0 Å². The highest BCUT2D eigenvalue weighted by molar-refractivity contribution is 6.07. The zero-order chi connectivity index (χ0) is 19.9. The highest BCUT2D eigenvalue weighted by atomic mass is 19.3. The van der Waals surface area contributed by atoms with Crippen LogP contribution in [0.1, 0.15) is 21.9 Å². The lowest BCUT2D eigenvalue weighted by molar-refractivity contribution is -0.00247. The van der Waals surface area contributed by atoms with Crippen LogP contribution in [0.25, 0.3) is 11.0 Å². The Kier molecular flexibility index (Phi) is 4.54. The predicted molar refractivity (Wildman–Crippen MR) is 97.6 cm³/mol. The number of hydrogen-bond acceptors (Lipinski definition) is 5. The van der Waals surface area contributed by atoms with Crippen molar-refractivity contribution in [2.45, 2.75) is 25.5 Å². The topological polar surface area (TPSA) is 81.3 Å². The van der Waals surface area contributed by atoms with Crippen molar-refractivity contribution in [3.63, 3.8) is 0 Å². The van der Waals surface area contributed by atoms with Crippen LogP contribution in [0.15, 0.2) is 35.0 Å². The van der Waals surface area contributed by atoms with Gasteiger partial charge in [0, 0.05) is 31.4 Å². The number of fused-ring (bicyclic) bond motifs is 1. The summed E-state index contributed by atoms with van der Waals surface area (Å²) in [5.74, 6) is -1.94. The van der Waals surface area contributed by atoms with Crippen LogP contribution < -0.4 is 15.4 Å². The van der Waals surface area contributed by atoms with Crippen molar-refractivity contribution in [2.75, 3.05) is 13.1 Å². The first-order valence-electron chi connectivity index (χ1n) is 8.87. The minimum Gasteiger partial charge on any atom is -0.486 e. The maximum absolute atomic E-state index is 13.8. The fourth-order valence-corrected chi connectivity index (χ4v) is 3.30. The number of ether oxygens (including phenoxy) is 1. The molecule has 1 unspecified atom stereocenters.